The quantitative estimate of drug-likeness (QED) is 0.414. The number of furan rings is 1. The van der Waals surface area contributed by atoms with E-state index in [1.165, 1.54) is 31.3 Å². The third-order valence-electron chi connectivity index (χ3n) is 7.89. The van der Waals surface area contributed by atoms with E-state index in [4.69, 9.17) is 9.15 Å². The van der Waals surface area contributed by atoms with E-state index in [1.807, 2.05) is 0 Å². The Labute approximate surface area is 224 Å². The standard InChI is InChI=1S/C29H29FN2O7/c1-17-14-21(31-22(33)15-18-7-9-19(38-2)10-8-18)23-24(25(17)30)29(37,27(35)36)28(11-3-4-12-28)32(26(23)34)16-20-6-5-13-39-20/h5-10,13-14,37H,3-4,11-12,15-16H2,1-2H3,(H,31,33)(H,35,36)/t29-/m1/s1. The van der Waals surface area contributed by atoms with Crippen LogP contribution < -0.4 is 10.1 Å². The minimum atomic E-state index is -2.76. The van der Waals surface area contributed by atoms with E-state index < -0.39 is 40.3 Å². The molecule has 2 amide bonds. The van der Waals surface area contributed by atoms with Crippen molar-refractivity contribution in [3.63, 3.8) is 0 Å². The monoisotopic (exact) mass is 536 g/mol. The van der Waals surface area contributed by atoms with Crippen molar-refractivity contribution in [3.8, 4) is 5.75 Å². The molecule has 1 atom stereocenters. The first-order chi connectivity index (χ1) is 18.6. The number of fused-ring (bicyclic) bond motifs is 1. The Kier molecular flexibility index (Phi) is 6.67. The molecule has 2 aliphatic rings. The Bertz CT molecular complexity index is 1430. The van der Waals surface area contributed by atoms with Crippen LogP contribution in [0.3, 0.4) is 0 Å². The maximum Gasteiger partial charge on any atom is 0.343 e. The van der Waals surface area contributed by atoms with Gasteiger partial charge in [0.15, 0.2) is 0 Å². The number of nitrogens with one attached hydrogen (secondary N) is 1. The predicted molar refractivity (Wildman–Crippen MR) is 138 cm³/mol. The van der Waals surface area contributed by atoms with Crippen LogP contribution in [0.2, 0.25) is 0 Å². The summed E-state index contributed by atoms with van der Waals surface area (Å²) in [4.78, 5) is 41.4. The molecule has 1 aromatic heterocycles. The third kappa shape index (κ3) is 4.15. The molecule has 9 nitrogen and oxygen atoms in total. The zero-order valence-corrected chi connectivity index (χ0v) is 21.6. The minimum Gasteiger partial charge on any atom is -0.497 e. The number of carboxylic acids is 1. The molecular weight excluding hydrogens is 507 g/mol. The first-order valence-electron chi connectivity index (χ1n) is 12.7. The number of hydrogen-bond acceptors (Lipinski definition) is 6. The number of carboxylic acid groups (broad SMARTS) is 1. The van der Waals surface area contributed by atoms with E-state index in [0.29, 0.717) is 29.9 Å². The number of benzene rings is 2. The Morgan fingerprint density at radius 1 is 1.18 bits per heavy atom. The first-order valence-corrected chi connectivity index (χ1v) is 12.7. The Balaban J connectivity index is 1.63. The van der Waals surface area contributed by atoms with Crippen LogP contribution in [0.4, 0.5) is 10.1 Å². The van der Waals surface area contributed by atoms with Gasteiger partial charge in [-0.05, 0) is 61.2 Å². The van der Waals surface area contributed by atoms with Gasteiger partial charge < -0.3 is 29.6 Å². The normalized spacial score (nSPS) is 19.7. The summed E-state index contributed by atoms with van der Waals surface area (Å²) in [6.07, 6.45) is 2.78. The zero-order chi connectivity index (χ0) is 27.9. The summed E-state index contributed by atoms with van der Waals surface area (Å²) in [5, 5.41) is 25.1. The van der Waals surface area contributed by atoms with E-state index in [0.717, 1.165) is 0 Å². The van der Waals surface area contributed by atoms with E-state index in [2.05, 4.69) is 5.32 Å². The highest BCUT2D eigenvalue weighted by molar-refractivity contribution is 6.09. The molecule has 2 aromatic carbocycles. The number of halogens is 1. The number of rotatable bonds is 7. The van der Waals surface area contributed by atoms with E-state index in [9.17, 15) is 24.6 Å². The summed E-state index contributed by atoms with van der Waals surface area (Å²) in [6, 6.07) is 11.4. The van der Waals surface area contributed by atoms with Crippen molar-refractivity contribution >= 4 is 23.5 Å². The second kappa shape index (κ2) is 9.85. The van der Waals surface area contributed by atoms with Crippen molar-refractivity contribution in [1.29, 1.82) is 0 Å². The number of aliphatic hydroxyl groups is 1. The maximum atomic E-state index is 15.9. The average Bonchev–Trinajstić information content (AvgIpc) is 3.61. The fraction of sp³-hybridized carbons (Fsp3) is 0.345. The number of ether oxygens (including phenoxy) is 1. The highest BCUT2D eigenvalue weighted by atomic mass is 19.1. The highest BCUT2D eigenvalue weighted by Crippen LogP contribution is 2.55. The number of carbonyl (C=O) groups excluding carboxylic acids is 2. The number of hydrogen-bond donors (Lipinski definition) is 3. The zero-order valence-electron chi connectivity index (χ0n) is 21.6. The number of anilines is 1. The second-order valence-corrected chi connectivity index (χ2v) is 10.1. The number of carbonyl (C=O) groups is 3. The van der Waals surface area contributed by atoms with Gasteiger partial charge in [0, 0.05) is 5.56 Å². The van der Waals surface area contributed by atoms with Gasteiger partial charge in [-0.2, -0.15) is 0 Å². The minimum absolute atomic E-state index is 0.00592. The molecule has 0 unspecified atom stereocenters. The van der Waals surface area contributed by atoms with Crippen molar-refractivity contribution in [2.45, 2.75) is 56.7 Å². The van der Waals surface area contributed by atoms with Gasteiger partial charge in [0.2, 0.25) is 11.5 Å². The molecule has 1 aliphatic heterocycles. The summed E-state index contributed by atoms with van der Waals surface area (Å²) in [7, 11) is 1.53. The molecule has 5 rings (SSSR count). The molecule has 1 spiro atoms. The molecule has 3 N–H and O–H groups in total. The molecule has 1 aliphatic carbocycles. The smallest absolute Gasteiger partial charge is 0.343 e. The van der Waals surface area contributed by atoms with Crippen molar-refractivity contribution in [2.24, 2.45) is 0 Å². The van der Waals surface area contributed by atoms with Crippen LogP contribution >= 0.6 is 0 Å². The average molecular weight is 537 g/mol. The Morgan fingerprint density at radius 3 is 2.46 bits per heavy atom. The summed E-state index contributed by atoms with van der Waals surface area (Å²) < 4.78 is 26.4. The molecule has 0 radical (unpaired) electrons. The fourth-order valence-electron chi connectivity index (χ4n) is 6.01. The largest absolute Gasteiger partial charge is 0.497 e. The lowest BCUT2D eigenvalue weighted by Crippen LogP contribution is -2.69. The number of aliphatic carboxylic acids is 1. The Morgan fingerprint density at radius 2 is 1.87 bits per heavy atom. The number of aryl methyl sites for hydroxylation is 1. The van der Waals surface area contributed by atoms with Crippen molar-refractivity contribution < 1.29 is 38.1 Å². The summed E-state index contributed by atoms with van der Waals surface area (Å²) >= 11 is 0. The fourth-order valence-corrected chi connectivity index (χ4v) is 6.01. The molecule has 0 saturated heterocycles. The maximum absolute atomic E-state index is 15.9. The van der Waals surface area contributed by atoms with Crippen molar-refractivity contribution in [1.82, 2.24) is 4.90 Å². The number of methoxy groups -OCH3 is 1. The lowest BCUT2D eigenvalue weighted by atomic mass is 9.67. The van der Waals surface area contributed by atoms with Crippen LogP contribution in [0.25, 0.3) is 0 Å². The molecular formula is C29H29FN2O7. The molecule has 204 valence electrons. The molecule has 10 heteroatoms. The van der Waals surface area contributed by atoms with Gasteiger partial charge in [-0.25, -0.2) is 9.18 Å². The first kappa shape index (κ1) is 26.4. The van der Waals surface area contributed by atoms with E-state index in [1.54, 1.807) is 36.4 Å². The molecule has 1 saturated carbocycles. The SMILES string of the molecule is COc1ccc(CC(=O)Nc2cc(C)c(F)c3c2C(=O)N(Cc2ccco2)C2(CCCC2)[C@]3(O)C(=O)O)cc1. The highest BCUT2D eigenvalue weighted by Gasteiger charge is 2.67. The number of amides is 2. The van der Waals surface area contributed by atoms with Gasteiger partial charge in [-0.15, -0.1) is 0 Å². The molecule has 3 aromatic rings. The Hall–Kier alpha value is -4.18. The van der Waals surface area contributed by atoms with Gasteiger partial charge in [0.1, 0.15) is 17.3 Å². The third-order valence-corrected chi connectivity index (χ3v) is 7.89. The van der Waals surface area contributed by atoms with Crippen LogP contribution in [0.1, 0.15) is 58.5 Å². The van der Waals surface area contributed by atoms with Crippen LogP contribution in [-0.4, -0.2) is 45.5 Å². The molecule has 0 bridgehead atoms. The van der Waals surface area contributed by atoms with Crippen molar-refractivity contribution in [2.75, 3.05) is 12.4 Å². The summed E-state index contributed by atoms with van der Waals surface area (Å²) in [5.41, 5.74) is -4.76. The van der Waals surface area contributed by atoms with Gasteiger partial charge in [-0.1, -0.05) is 25.0 Å². The second-order valence-electron chi connectivity index (χ2n) is 10.1. The van der Waals surface area contributed by atoms with Gasteiger partial charge >= 0.3 is 5.97 Å². The molecule has 39 heavy (non-hydrogen) atoms. The summed E-state index contributed by atoms with van der Waals surface area (Å²) in [6.45, 7) is 1.27. The summed E-state index contributed by atoms with van der Waals surface area (Å²) in [5.74, 6) is -2.84. The van der Waals surface area contributed by atoms with Crippen LogP contribution in [-0.2, 0) is 28.2 Å². The van der Waals surface area contributed by atoms with E-state index >= 15 is 4.39 Å². The molecule has 2 heterocycles. The van der Waals surface area contributed by atoms with Gasteiger partial charge in [0.25, 0.3) is 5.91 Å². The lowest BCUT2D eigenvalue weighted by molar-refractivity contribution is -0.183. The van der Waals surface area contributed by atoms with Crippen LogP contribution in [0.15, 0.2) is 53.1 Å². The molecule has 1 fully saturated rings. The van der Waals surface area contributed by atoms with Gasteiger partial charge in [0.05, 0.1) is 43.1 Å². The topological polar surface area (TPSA) is 129 Å². The predicted octanol–water partition coefficient (Wildman–Crippen LogP) is 4.16. The lowest BCUT2D eigenvalue weighted by Gasteiger charge is -2.53. The number of nitrogens with zero attached hydrogens (tertiary/aromatic N) is 1. The van der Waals surface area contributed by atoms with E-state index in [-0.39, 0.29) is 42.6 Å². The van der Waals surface area contributed by atoms with Crippen LogP contribution in [0, 0.1) is 12.7 Å². The van der Waals surface area contributed by atoms with Crippen molar-refractivity contribution in [3.05, 3.63) is 82.6 Å². The van der Waals surface area contributed by atoms with Gasteiger partial charge in [-0.3, -0.25) is 9.59 Å². The van der Waals surface area contributed by atoms with Crippen LogP contribution in [0.5, 0.6) is 5.75 Å².